The van der Waals surface area contributed by atoms with Crippen LogP contribution in [0.25, 0.3) is 0 Å². The first-order chi connectivity index (χ1) is 8.99. The molecule has 0 aliphatic carbocycles. The average molecular weight is 263 g/mol. The number of rotatable bonds is 2. The minimum Gasteiger partial charge on any atom is -0.465 e. The number of carboxylic acid groups (broad SMARTS) is 1. The Morgan fingerprint density at radius 2 is 1.95 bits per heavy atom. The highest BCUT2D eigenvalue weighted by Crippen LogP contribution is 2.23. The molecule has 1 fully saturated rings. The van der Waals surface area contributed by atoms with Gasteiger partial charge in [0, 0.05) is 31.0 Å². The SMILES string of the molecule is CC(C)[C@H]1CN(c2ccc(N)cc2)CCN1C(=O)O. The van der Waals surface area contributed by atoms with Gasteiger partial charge in [-0.1, -0.05) is 13.8 Å². The smallest absolute Gasteiger partial charge is 0.407 e. The van der Waals surface area contributed by atoms with Crippen LogP contribution in [-0.4, -0.2) is 41.8 Å². The van der Waals surface area contributed by atoms with Gasteiger partial charge < -0.3 is 20.6 Å². The van der Waals surface area contributed by atoms with Crippen LogP contribution in [0.1, 0.15) is 13.8 Å². The normalized spacial score (nSPS) is 19.8. The lowest BCUT2D eigenvalue weighted by Gasteiger charge is -2.43. The predicted octanol–water partition coefficient (Wildman–Crippen LogP) is 2.09. The second-order valence-corrected chi connectivity index (χ2v) is 5.32. The van der Waals surface area contributed by atoms with Crippen molar-refractivity contribution in [3.05, 3.63) is 24.3 Å². The van der Waals surface area contributed by atoms with Crippen LogP contribution in [0.15, 0.2) is 24.3 Å². The second kappa shape index (κ2) is 5.38. The Balaban J connectivity index is 2.14. The topological polar surface area (TPSA) is 69.8 Å². The molecule has 0 bridgehead atoms. The van der Waals surface area contributed by atoms with Crippen molar-refractivity contribution in [2.45, 2.75) is 19.9 Å². The van der Waals surface area contributed by atoms with Crippen LogP contribution in [0.3, 0.4) is 0 Å². The molecule has 1 atom stereocenters. The van der Waals surface area contributed by atoms with Gasteiger partial charge in [0.2, 0.25) is 0 Å². The van der Waals surface area contributed by atoms with Crippen molar-refractivity contribution >= 4 is 17.5 Å². The Hall–Kier alpha value is -1.91. The third kappa shape index (κ3) is 2.92. The highest BCUT2D eigenvalue weighted by molar-refractivity contribution is 5.66. The number of nitrogen functional groups attached to an aromatic ring is 1. The molecule has 1 aromatic rings. The first kappa shape index (κ1) is 13.5. The zero-order valence-electron chi connectivity index (χ0n) is 11.4. The number of carbonyl (C=O) groups is 1. The summed E-state index contributed by atoms with van der Waals surface area (Å²) < 4.78 is 0. The molecule has 1 amide bonds. The van der Waals surface area contributed by atoms with Gasteiger partial charge in [-0.15, -0.1) is 0 Å². The first-order valence-corrected chi connectivity index (χ1v) is 6.59. The molecule has 0 unspecified atom stereocenters. The van der Waals surface area contributed by atoms with Crippen molar-refractivity contribution in [3.8, 4) is 0 Å². The van der Waals surface area contributed by atoms with Gasteiger partial charge in [-0.3, -0.25) is 0 Å². The molecule has 1 saturated heterocycles. The number of nitrogens with two attached hydrogens (primary N) is 1. The number of nitrogens with zero attached hydrogens (tertiary/aromatic N) is 2. The van der Waals surface area contributed by atoms with Gasteiger partial charge in [-0.05, 0) is 30.2 Å². The summed E-state index contributed by atoms with van der Waals surface area (Å²) in [6, 6.07) is 7.77. The monoisotopic (exact) mass is 263 g/mol. The Bertz CT molecular complexity index is 445. The summed E-state index contributed by atoms with van der Waals surface area (Å²) in [6.07, 6.45) is -0.823. The van der Waals surface area contributed by atoms with E-state index < -0.39 is 6.09 Å². The van der Waals surface area contributed by atoms with E-state index in [2.05, 4.69) is 18.7 Å². The summed E-state index contributed by atoms with van der Waals surface area (Å²) in [5.74, 6) is 0.299. The van der Waals surface area contributed by atoms with E-state index in [1.165, 1.54) is 0 Å². The molecule has 1 aliphatic heterocycles. The fourth-order valence-electron chi connectivity index (χ4n) is 2.54. The van der Waals surface area contributed by atoms with E-state index in [0.29, 0.717) is 12.5 Å². The van der Waals surface area contributed by atoms with Gasteiger partial charge in [0.05, 0.1) is 6.04 Å². The van der Waals surface area contributed by atoms with Crippen LogP contribution in [0.2, 0.25) is 0 Å². The maximum Gasteiger partial charge on any atom is 0.407 e. The summed E-state index contributed by atoms with van der Waals surface area (Å²) in [7, 11) is 0. The minimum atomic E-state index is -0.823. The molecule has 3 N–H and O–H groups in total. The van der Waals surface area contributed by atoms with Crippen LogP contribution < -0.4 is 10.6 Å². The maximum absolute atomic E-state index is 11.2. The number of anilines is 2. The largest absolute Gasteiger partial charge is 0.465 e. The molecule has 1 aliphatic rings. The van der Waals surface area contributed by atoms with E-state index >= 15 is 0 Å². The van der Waals surface area contributed by atoms with Crippen molar-refractivity contribution in [2.24, 2.45) is 5.92 Å². The van der Waals surface area contributed by atoms with Crippen LogP contribution in [0.5, 0.6) is 0 Å². The van der Waals surface area contributed by atoms with Crippen molar-refractivity contribution in [1.29, 1.82) is 0 Å². The summed E-state index contributed by atoms with van der Waals surface area (Å²) in [5, 5.41) is 9.24. The fraction of sp³-hybridized carbons (Fsp3) is 0.500. The predicted molar refractivity (Wildman–Crippen MR) is 76.4 cm³/mol. The van der Waals surface area contributed by atoms with E-state index in [1.807, 2.05) is 24.3 Å². The number of piperazine rings is 1. The lowest BCUT2D eigenvalue weighted by atomic mass is 9.99. The second-order valence-electron chi connectivity index (χ2n) is 5.32. The molecule has 0 aromatic heterocycles. The lowest BCUT2D eigenvalue weighted by molar-refractivity contribution is 0.103. The molecule has 5 nitrogen and oxygen atoms in total. The summed E-state index contributed by atoms with van der Waals surface area (Å²) in [6.45, 7) is 6.12. The van der Waals surface area contributed by atoms with Gasteiger partial charge in [0.25, 0.3) is 0 Å². The number of benzene rings is 1. The summed E-state index contributed by atoms with van der Waals surface area (Å²) in [4.78, 5) is 15.0. The molecule has 0 spiro atoms. The van der Waals surface area contributed by atoms with Crippen molar-refractivity contribution in [2.75, 3.05) is 30.3 Å². The van der Waals surface area contributed by atoms with Gasteiger partial charge in [0.15, 0.2) is 0 Å². The van der Waals surface area contributed by atoms with Crippen LogP contribution in [0.4, 0.5) is 16.2 Å². The lowest BCUT2D eigenvalue weighted by Crippen LogP contribution is -2.57. The molecule has 0 saturated carbocycles. The van der Waals surface area contributed by atoms with E-state index in [4.69, 9.17) is 5.73 Å². The van der Waals surface area contributed by atoms with Gasteiger partial charge in [-0.2, -0.15) is 0 Å². The number of hydrogen-bond donors (Lipinski definition) is 2. The van der Waals surface area contributed by atoms with E-state index in [0.717, 1.165) is 24.5 Å². The van der Waals surface area contributed by atoms with Gasteiger partial charge >= 0.3 is 6.09 Å². The highest BCUT2D eigenvalue weighted by atomic mass is 16.4. The van der Waals surface area contributed by atoms with Crippen LogP contribution in [-0.2, 0) is 0 Å². The third-order valence-corrected chi connectivity index (χ3v) is 3.69. The van der Waals surface area contributed by atoms with E-state index in [9.17, 15) is 9.90 Å². The summed E-state index contributed by atoms with van der Waals surface area (Å²) in [5.41, 5.74) is 7.53. The molecule has 104 valence electrons. The highest BCUT2D eigenvalue weighted by Gasteiger charge is 2.32. The Morgan fingerprint density at radius 3 is 2.47 bits per heavy atom. The molecular weight excluding hydrogens is 242 g/mol. The third-order valence-electron chi connectivity index (χ3n) is 3.69. The van der Waals surface area contributed by atoms with Gasteiger partial charge in [-0.25, -0.2) is 4.79 Å². The number of hydrogen-bond acceptors (Lipinski definition) is 3. The van der Waals surface area contributed by atoms with Crippen LogP contribution in [0, 0.1) is 5.92 Å². The van der Waals surface area contributed by atoms with Crippen molar-refractivity contribution in [1.82, 2.24) is 4.90 Å². The molecule has 1 heterocycles. The Morgan fingerprint density at radius 1 is 1.32 bits per heavy atom. The zero-order valence-corrected chi connectivity index (χ0v) is 11.4. The van der Waals surface area contributed by atoms with E-state index in [-0.39, 0.29) is 6.04 Å². The van der Waals surface area contributed by atoms with Crippen molar-refractivity contribution in [3.63, 3.8) is 0 Å². The Kier molecular flexibility index (Phi) is 3.83. The molecular formula is C14H21N3O2. The minimum absolute atomic E-state index is 0.0313. The molecule has 0 radical (unpaired) electrons. The standard InChI is InChI=1S/C14H21N3O2/c1-10(2)13-9-16(7-8-17(13)14(18)19)12-5-3-11(15)4-6-12/h3-6,10,13H,7-9,15H2,1-2H3,(H,18,19)/t13-/m1/s1. The molecule has 1 aromatic carbocycles. The molecule has 2 rings (SSSR count). The number of amides is 1. The Labute approximate surface area is 113 Å². The van der Waals surface area contributed by atoms with Crippen LogP contribution >= 0.6 is 0 Å². The molecule has 5 heteroatoms. The molecule has 19 heavy (non-hydrogen) atoms. The zero-order chi connectivity index (χ0) is 14.0. The van der Waals surface area contributed by atoms with E-state index in [1.54, 1.807) is 4.90 Å². The van der Waals surface area contributed by atoms with Gasteiger partial charge in [0.1, 0.15) is 0 Å². The maximum atomic E-state index is 11.2. The summed E-state index contributed by atoms with van der Waals surface area (Å²) >= 11 is 0. The fourth-order valence-corrected chi connectivity index (χ4v) is 2.54. The first-order valence-electron chi connectivity index (χ1n) is 6.59. The van der Waals surface area contributed by atoms with Crippen molar-refractivity contribution < 1.29 is 9.90 Å². The average Bonchev–Trinajstić information content (AvgIpc) is 2.38. The quantitative estimate of drug-likeness (QED) is 0.802.